The Bertz CT molecular complexity index is 798. The van der Waals surface area contributed by atoms with Crippen LogP contribution in [0.5, 0.6) is 0 Å². The van der Waals surface area contributed by atoms with E-state index in [1.54, 1.807) is 11.3 Å². The van der Waals surface area contributed by atoms with E-state index in [4.69, 9.17) is 17.3 Å². The SMILES string of the molecule is CC(C)(C)c1c(N)nnn1Cc1sc2ccccc2c1Cl. The van der Waals surface area contributed by atoms with Gasteiger partial charge >= 0.3 is 0 Å². The smallest absolute Gasteiger partial charge is 0.169 e. The molecule has 0 fully saturated rings. The second-order valence-electron chi connectivity index (χ2n) is 6.07. The number of thiophene rings is 1. The Kier molecular flexibility index (Phi) is 3.42. The molecular formula is C15H17ClN4S. The van der Waals surface area contributed by atoms with Crippen LogP contribution >= 0.6 is 22.9 Å². The number of aromatic nitrogens is 3. The Morgan fingerprint density at radius 1 is 1.29 bits per heavy atom. The molecule has 2 aromatic heterocycles. The zero-order chi connectivity index (χ0) is 15.2. The molecule has 110 valence electrons. The second kappa shape index (κ2) is 5.00. The number of anilines is 1. The van der Waals surface area contributed by atoms with Crippen LogP contribution in [-0.4, -0.2) is 15.0 Å². The summed E-state index contributed by atoms with van der Waals surface area (Å²) in [5, 5.41) is 10.1. The highest BCUT2D eigenvalue weighted by atomic mass is 35.5. The van der Waals surface area contributed by atoms with E-state index in [1.165, 1.54) is 4.70 Å². The highest BCUT2D eigenvalue weighted by Crippen LogP contribution is 2.36. The zero-order valence-electron chi connectivity index (χ0n) is 12.2. The van der Waals surface area contributed by atoms with E-state index in [-0.39, 0.29) is 5.41 Å². The Hall–Kier alpha value is -1.59. The molecule has 3 aromatic rings. The van der Waals surface area contributed by atoms with Gasteiger partial charge in [-0.3, -0.25) is 0 Å². The summed E-state index contributed by atoms with van der Waals surface area (Å²) in [5.74, 6) is 0.486. The third-order valence-corrected chi connectivity index (χ3v) is 5.07. The van der Waals surface area contributed by atoms with Gasteiger partial charge < -0.3 is 5.73 Å². The topological polar surface area (TPSA) is 56.7 Å². The zero-order valence-corrected chi connectivity index (χ0v) is 13.8. The molecule has 2 heterocycles. The molecule has 0 radical (unpaired) electrons. The van der Waals surface area contributed by atoms with Crippen molar-refractivity contribution in [1.29, 1.82) is 0 Å². The van der Waals surface area contributed by atoms with Gasteiger partial charge in [-0.2, -0.15) is 0 Å². The lowest BCUT2D eigenvalue weighted by molar-refractivity contribution is 0.504. The minimum atomic E-state index is -0.114. The molecule has 2 N–H and O–H groups in total. The second-order valence-corrected chi connectivity index (χ2v) is 7.58. The molecule has 6 heteroatoms. The van der Waals surface area contributed by atoms with Gasteiger partial charge in [-0.1, -0.05) is 55.8 Å². The molecule has 0 aliphatic carbocycles. The average molecular weight is 321 g/mol. The molecule has 0 saturated carbocycles. The normalized spacial score (nSPS) is 12.2. The maximum Gasteiger partial charge on any atom is 0.169 e. The standard InChI is InChI=1S/C15H17ClN4S/c1-15(2,3)13-14(17)18-19-20(13)8-11-12(16)9-6-4-5-7-10(9)21-11/h4-7H,8,17H2,1-3H3. The summed E-state index contributed by atoms with van der Waals surface area (Å²) < 4.78 is 3.04. The number of hydrogen-bond donors (Lipinski definition) is 1. The Labute approximate surface area is 132 Å². The van der Waals surface area contributed by atoms with Crippen LogP contribution < -0.4 is 5.73 Å². The van der Waals surface area contributed by atoms with E-state index in [0.29, 0.717) is 12.4 Å². The summed E-state index contributed by atoms with van der Waals surface area (Å²) >= 11 is 8.18. The fraction of sp³-hybridized carbons (Fsp3) is 0.333. The van der Waals surface area contributed by atoms with E-state index < -0.39 is 0 Å². The molecular weight excluding hydrogens is 304 g/mol. The molecule has 0 aliphatic heterocycles. The summed E-state index contributed by atoms with van der Waals surface area (Å²) in [6.07, 6.45) is 0. The summed E-state index contributed by atoms with van der Waals surface area (Å²) in [7, 11) is 0. The van der Waals surface area contributed by atoms with Crippen LogP contribution in [0.25, 0.3) is 10.1 Å². The van der Waals surface area contributed by atoms with E-state index in [1.807, 2.05) is 22.9 Å². The first-order valence-corrected chi connectivity index (χ1v) is 7.92. The maximum atomic E-state index is 6.50. The van der Waals surface area contributed by atoms with Crippen molar-refractivity contribution in [2.75, 3.05) is 5.73 Å². The molecule has 1 aromatic carbocycles. The number of halogens is 1. The van der Waals surface area contributed by atoms with Crippen LogP contribution in [0.2, 0.25) is 5.02 Å². The van der Waals surface area contributed by atoms with Crippen molar-refractivity contribution >= 4 is 38.8 Å². The van der Waals surface area contributed by atoms with E-state index in [0.717, 1.165) is 21.0 Å². The molecule has 0 aliphatic rings. The Morgan fingerprint density at radius 2 is 2.00 bits per heavy atom. The van der Waals surface area contributed by atoms with Crippen molar-refractivity contribution in [3.8, 4) is 0 Å². The van der Waals surface area contributed by atoms with Gasteiger partial charge in [0.1, 0.15) is 0 Å². The number of nitrogens with two attached hydrogens (primary N) is 1. The van der Waals surface area contributed by atoms with E-state index in [2.05, 4.69) is 37.1 Å². The predicted octanol–water partition coefficient (Wildman–Crippen LogP) is 4.07. The molecule has 0 saturated heterocycles. The summed E-state index contributed by atoms with van der Waals surface area (Å²) in [4.78, 5) is 1.08. The molecule has 0 unspecified atom stereocenters. The molecule has 0 bridgehead atoms. The molecule has 4 nitrogen and oxygen atoms in total. The fourth-order valence-electron chi connectivity index (χ4n) is 2.51. The number of nitrogen functional groups attached to an aromatic ring is 1. The third-order valence-electron chi connectivity index (χ3n) is 3.37. The van der Waals surface area contributed by atoms with Gasteiger partial charge in [-0.05, 0) is 6.07 Å². The largest absolute Gasteiger partial charge is 0.381 e. The van der Waals surface area contributed by atoms with Crippen molar-refractivity contribution in [2.24, 2.45) is 0 Å². The van der Waals surface area contributed by atoms with Crippen LogP contribution in [0.1, 0.15) is 31.3 Å². The van der Waals surface area contributed by atoms with Crippen LogP contribution in [0.3, 0.4) is 0 Å². The first-order chi connectivity index (χ1) is 9.88. The Morgan fingerprint density at radius 3 is 2.67 bits per heavy atom. The van der Waals surface area contributed by atoms with Crippen molar-refractivity contribution in [1.82, 2.24) is 15.0 Å². The van der Waals surface area contributed by atoms with Crippen LogP contribution in [-0.2, 0) is 12.0 Å². The van der Waals surface area contributed by atoms with E-state index in [9.17, 15) is 0 Å². The van der Waals surface area contributed by atoms with Crippen LogP contribution in [0.15, 0.2) is 24.3 Å². The number of benzene rings is 1. The van der Waals surface area contributed by atoms with Crippen molar-refractivity contribution in [3.05, 3.63) is 39.9 Å². The number of nitrogens with zero attached hydrogens (tertiary/aromatic N) is 3. The van der Waals surface area contributed by atoms with Gasteiger partial charge in [0.15, 0.2) is 5.82 Å². The maximum absolute atomic E-state index is 6.50. The molecule has 0 spiro atoms. The predicted molar refractivity (Wildman–Crippen MR) is 89.1 cm³/mol. The third kappa shape index (κ3) is 2.51. The monoisotopic (exact) mass is 320 g/mol. The first-order valence-electron chi connectivity index (χ1n) is 6.73. The van der Waals surface area contributed by atoms with Gasteiger partial charge in [-0.15, -0.1) is 16.4 Å². The van der Waals surface area contributed by atoms with E-state index >= 15 is 0 Å². The van der Waals surface area contributed by atoms with Gasteiger partial charge in [0, 0.05) is 20.4 Å². The number of fused-ring (bicyclic) bond motifs is 1. The average Bonchev–Trinajstić information content (AvgIpc) is 2.92. The van der Waals surface area contributed by atoms with Gasteiger partial charge in [-0.25, -0.2) is 4.68 Å². The van der Waals surface area contributed by atoms with Gasteiger partial charge in [0.25, 0.3) is 0 Å². The lowest BCUT2D eigenvalue weighted by atomic mass is 9.92. The Balaban J connectivity index is 2.06. The lowest BCUT2D eigenvalue weighted by Crippen LogP contribution is -2.20. The summed E-state index contributed by atoms with van der Waals surface area (Å²) in [6.45, 7) is 6.90. The molecule has 3 rings (SSSR count). The lowest BCUT2D eigenvalue weighted by Gasteiger charge is -2.19. The van der Waals surface area contributed by atoms with Crippen molar-refractivity contribution < 1.29 is 0 Å². The highest BCUT2D eigenvalue weighted by Gasteiger charge is 2.25. The number of rotatable bonds is 2. The number of hydrogen-bond acceptors (Lipinski definition) is 4. The summed E-state index contributed by atoms with van der Waals surface area (Å²) in [6, 6.07) is 8.14. The van der Waals surface area contributed by atoms with Crippen molar-refractivity contribution in [2.45, 2.75) is 32.7 Å². The summed E-state index contributed by atoms with van der Waals surface area (Å²) in [5.41, 5.74) is 6.80. The minimum Gasteiger partial charge on any atom is -0.381 e. The molecule has 21 heavy (non-hydrogen) atoms. The first kappa shape index (κ1) is 14.4. The quantitative estimate of drug-likeness (QED) is 0.774. The van der Waals surface area contributed by atoms with Gasteiger partial charge in [0.2, 0.25) is 0 Å². The van der Waals surface area contributed by atoms with Crippen LogP contribution in [0, 0.1) is 0 Å². The fourth-order valence-corrected chi connectivity index (χ4v) is 3.99. The van der Waals surface area contributed by atoms with Gasteiger partial charge in [0.05, 0.1) is 17.3 Å². The highest BCUT2D eigenvalue weighted by molar-refractivity contribution is 7.19. The minimum absolute atomic E-state index is 0.114. The molecule has 0 atom stereocenters. The van der Waals surface area contributed by atoms with Crippen LogP contribution in [0.4, 0.5) is 5.82 Å². The van der Waals surface area contributed by atoms with Crippen molar-refractivity contribution in [3.63, 3.8) is 0 Å². The molecule has 0 amide bonds.